The van der Waals surface area contributed by atoms with Crippen molar-refractivity contribution >= 4 is 27.3 Å². The van der Waals surface area contributed by atoms with Gasteiger partial charge in [-0.2, -0.15) is 0 Å². The van der Waals surface area contributed by atoms with E-state index in [1.54, 1.807) is 0 Å². The Kier molecular flexibility index (Phi) is 5.46. The van der Waals surface area contributed by atoms with E-state index in [4.69, 9.17) is 0 Å². The second kappa shape index (κ2) is 6.70. The standard InChI is InChI=1S/C15H25BrN2S/c1-4-6-12-9-18(15(3,5-2)11-17-12)10-14-13(16)7-8-19-14/h7-8,12,17H,4-6,9-11H2,1-3H3. The molecule has 0 bridgehead atoms. The highest BCUT2D eigenvalue weighted by Crippen LogP contribution is 2.30. The van der Waals surface area contributed by atoms with Crippen LogP contribution in [-0.4, -0.2) is 29.6 Å². The molecule has 0 radical (unpaired) electrons. The van der Waals surface area contributed by atoms with Crippen LogP contribution in [0.2, 0.25) is 0 Å². The van der Waals surface area contributed by atoms with E-state index in [1.165, 1.54) is 35.2 Å². The molecule has 0 aliphatic carbocycles. The Labute approximate surface area is 129 Å². The summed E-state index contributed by atoms with van der Waals surface area (Å²) >= 11 is 5.53. The average molecular weight is 345 g/mol. The fourth-order valence-electron chi connectivity index (χ4n) is 2.78. The fraction of sp³-hybridized carbons (Fsp3) is 0.733. The third-order valence-electron chi connectivity index (χ3n) is 4.40. The van der Waals surface area contributed by atoms with Crippen molar-refractivity contribution in [2.24, 2.45) is 0 Å². The molecule has 1 aliphatic heterocycles. The molecule has 0 aromatic carbocycles. The lowest BCUT2D eigenvalue weighted by molar-refractivity contribution is 0.0404. The first-order valence-electron chi connectivity index (χ1n) is 7.29. The van der Waals surface area contributed by atoms with Gasteiger partial charge in [0.25, 0.3) is 0 Å². The molecule has 0 spiro atoms. The van der Waals surface area contributed by atoms with E-state index in [9.17, 15) is 0 Å². The van der Waals surface area contributed by atoms with Gasteiger partial charge in [0.05, 0.1) is 0 Å². The minimum absolute atomic E-state index is 0.285. The number of hydrogen-bond acceptors (Lipinski definition) is 3. The van der Waals surface area contributed by atoms with Crippen molar-refractivity contribution in [1.82, 2.24) is 10.2 Å². The Morgan fingerprint density at radius 2 is 2.32 bits per heavy atom. The molecular weight excluding hydrogens is 320 g/mol. The Bertz CT molecular complexity index is 407. The number of nitrogens with zero attached hydrogens (tertiary/aromatic N) is 1. The molecule has 2 nitrogen and oxygen atoms in total. The van der Waals surface area contributed by atoms with E-state index in [0.29, 0.717) is 6.04 Å². The zero-order valence-electron chi connectivity index (χ0n) is 12.2. The quantitative estimate of drug-likeness (QED) is 0.858. The molecule has 2 rings (SSSR count). The lowest BCUT2D eigenvalue weighted by Crippen LogP contribution is -2.62. The lowest BCUT2D eigenvalue weighted by atomic mass is 9.91. The Morgan fingerprint density at radius 3 is 2.89 bits per heavy atom. The van der Waals surface area contributed by atoms with Crippen molar-refractivity contribution < 1.29 is 0 Å². The monoisotopic (exact) mass is 344 g/mol. The fourth-order valence-corrected chi connectivity index (χ4v) is 4.28. The summed E-state index contributed by atoms with van der Waals surface area (Å²) < 4.78 is 1.27. The zero-order chi connectivity index (χ0) is 13.9. The number of hydrogen-bond donors (Lipinski definition) is 1. The smallest absolute Gasteiger partial charge is 0.0345 e. The topological polar surface area (TPSA) is 15.3 Å². The van der Waals surface area contributed by atoms with Crippen LogP contribution in [-0.2, 0) is 6.54 Å². The number of thiophene rings is 1. The molecule has 1 N–H and O–H groups in total. The van der Waals surface area contributed by atoms with Crippen LogP contribution in [0.15, 0.2) is 15.9 Å². The Morgan fingerprint density at radius 1 is 1.53 bits per heavy atom. The van der Waals surface area contributed by atoms with Crippen LogP contribution in [0, 0.1) is 0 Å². The van der Waals surface area contributed by atoms with Gasteiger partial charge in [-0.1, -0.05) is 20.3 Å². The molecule has 4 heteroatoms. The van der Waals surface area contributed by atoms with Gasteiger partial charge in [-0.25, -0.2) is 0 Å². The number of nitrogens with one attached hydrogen (secondary N) is 1. The Balaban J connectivity index is 2.10. The van der Waals surface area contributed by atoms with E-state index < -0.39 is 0 Å². The highest BCUT2D eigenvalue weighted by molar-refractivity contribution is 9.10. The van der Waals surface area contributed by atoms with E-state index in [0.717, 1.165) is 13.1 Å². The summed E-state index contributed by atoms with van der Waals surface area (Å²) in [5.41, 5.74) is 0.285. The molecule has 0 amide bonds. The van der Waals surface area contributed by atoms with Gasteiger partial charge in [-0.15, -0.1) is 11.3 Å². The van der Waals surface area contributed by atoms with Gasteiger partial charge in [0.1, 0.15) is 0 Å². The minimum atomic E-state index is 0.285. The van der Waals surface area contributed by atoms with Gasteiger partial charge in [-0.05, 0) is 47.1 Å². The summed E-state index contributed by atoms with van der Waals surface area (Å²) in [4.78, 5) is 4.14. The minimum Gasteiger partial charge on any atom is -0.311 e. The SMILES string of the molecule is CCCC1CN(Cc2sccc2Br)C(C)(CC)CN1. The molecule has 108 valence electrons. The maximum atomic E-state index is 3.74. The molecule has 2 unspecified atom stereocenters. The number of rotatable bonds is 5. The second-order valence-electron chi connectivity index (χ2n) is 5.79. The maximum absolute atomic E-state index is 3.74. The predicted octanol–water partition coefficient (Wildman–Crippen LogP) is 4.25. The van der Waals surface area contributed by atoms with Crippen LogP contribution in [0.3, 0.4) is 0 Å². The molecule has 19 heavy (non-hydrogen) atoms. The first-order chi connectivity index (χ1) is 9.09. The first-order valence-corrected chi connectivity index (χ1v) is 8.96. The third kappa shape index (κ3) is 3.60. The number of piperazine rings is 1. The second-order valence-corrected chi connectivity index (χ2v) is 7.64. The van der Waals surface area contributed by atoms with Crippen molar-refractivity contribution in [2.75, 3.05) is 13.1 Å². The first kappa shape index (κ1) is 15.5. The molecule has 1 aromatic heterocycles. The van der Waals surface area contributed by atoms with Crippen molar-refractivity contribution in [3.05, 3.63) is 20.8 Å². The largest absolute Gasteiger partial charge is 0.311 e. The van der Waals surface area contributed by atoms with Crippen LogP contribution in [0.5, 0.6) is 0 Å². The van der Waals surface area contributed by atoms with Crippen molar-refractivity contribution in [3.8, 4) is 0 Å². The lowest BCUT2D eigenvalue weighted by Gasteiger charge is -2.48. The van der Waals surface area contributed by atoms with Crippen molar-refractivity contribution in [3.63, 3.8) is 0 Å². The molecule has 1 fully saturated rings. The summed E-state index contributed by atoms with van der Waals surface area (Å²) in [5, 5.41) is 5.91. The van der Waals surface area contributed by atoms with E-state index in [1.807, 2.05) is 11.3 Å². The van der Waals surface area contributed by atoms with Gasteiger partial charge in [-0.3, -0.25) is 4.90 Å². The van der Waals surface area contributed by atoms with Gasteiger partial charge in [0, 0.05) is 40.6 Å². The summed E-state index contributed by atoms with van der Waals surface area (Å²) in [6.07, 6.45) is 3.74. The van der Waals surface area contributed by atoms with Gasteiger partial charge >= 0.3 is 0 Å². The normalized spacial score (nSPS) is 28.7. The van der Waals surface area contributed by atoms with Crippen molar-refractivity contribution in [1.29, 1.82) is 0 Å². The molecule has 1 aromatic rings. The summed E-state index contributed by atoms with van der Waals surface area (Å²) in [7, 11) is 0. The third-order valence-corrected chi connectivity index (χ3v) is 6.31. The van der Waals surface area contributed by atoms with Gasteiger partial charge < -0.3 is 5.32 Å². The average Bonchev–Trinajstić information content (AvgIpc) is 2.80. The molecule has 2 heterocycles. The molecule has 1 saturated heterocycles. The molecular formula is C15H25BrN2S. The van der Waals surface area contributed by atoms with Crippen molar-refractivity contribution in [2.45, 2.75) is 58.2 Å². The predicted molar refractivity (Wildman–Crippen MR) is 87.8 cm³/mol. The summed E-state index contributed by atoms with van der Waals surface area (Å²) in [6.45, 7) is 10.3. The van der Waals surface area contributed by atoms with E-state index in [-0.39, 0.29) is 5.54 Å². The highest BCUT2D eigenvalue weighted by atomic mass is 79.9. The summed E-state index contributed by atoms with van der Waals surface area (Å²) in [5.74, 6) is 0. The van der Waals surface area contributed by atoms with Crippen LogP contribution in [0.1, 0.15) is 44.9 Å². The Hall–Kier alpha value is 0.1000. The van der Waals surface area contributed by atoms with E-state index >= 15 is 0 Å². The van der Waals surface area contributed by atoms with Crippen LogP contribution in [0.25, 0.3) is 0 Å². The summed E-state index contributed by atoms with van der Waals surface area (Å²) in [6, 6.07) is 2.82. The van der Waals surface area contributed by atoms with Crippen LogP contribution < -0.4 is 5.32 Å². The van der Waals surface area contributed by atoms with Gasteiger partial charge in [0.15, 0.2) is 0 Å². The highest BCUT2D eigenvalue weighted by Gasteiger charge is 2.36. The zero-order valence-corrected chi connectivity index (χ0v) is 14.6. The molecule has 0 saturated carbocycles. The van der Waals surface area contributed by atoms with Gasteiger partial charge in [0.2, 0.25) is 0 Å². The number of halogens is 1. The van der Waals surface area contributed by atoms with Crippen LogP contribution in [0.4, 0.5) is 0 Å². The maximum Gasteiger partial charge on any atom is 0.0345 e. The molecule has 2 atom stereocenters. The van der Waals surface area contributed by atoms with E-state index in [2.05, 4.69) is 58.4 Å². The van der Waals surface area contributed by atoms with Crippen LogP contribution >= 0.6 is 27.3 Å². The molecule has 1 aliphatic rings.